The molecular weight excluding hydrogens is 358 g/mol. The third kappa shape index (κ3) is 4.37. The van der Waals surface area contributed by atoms with Crippen molar-refractivity contribution in [1.29, 1.82) is 0 Å². The number of benzene rings is 1. The molecule has 0 unspecified atom stereocenters. The summed E-state index contributed by atoms with van der Waals surface area (Å²) in [4.78, 5) is 12.1. The number of hydrogen-bond acceptors (Lipinski definition) is 5. The maximum Gasteiger partial charge on any atom is 0.234 e. The van der Waals surface area contributed by atoms with Crippen LogP contribution in [0.4, 0.5) is 5.69 Å². The molecule has 0 aliphatic carbocycles. The minimum Gasteiger partial charge on any atom is -0.325 e. The summed E-state index contributed by atoms with van der Waals surface area (Å²) in [5, 5.41) is 16.6. The van der Waals surface area contributed by atoms with E-state index in [0.717, 1.165) is 11.3 Å². The highest BCUT2D eigenvalue weighted by Gasteiger charge is 2.08. The summed E-state index contributed by atoms with van der Waals surface area (Å²) >= 11 is 7.28. The number of thioether (sulfide) groups is 1. The van der Waals surface area contributed by atoms with E-state index in [1.807, 2.05) is 38.1 Å². The molecule has 0 fully saturated rings. The third-order valence-electron chi connectivity index (χ3n) is 3.50. The average molecular weight is 374 g/mol. The molecule has 0 aliphatic heterocycles. The van der Waals surface area contributed by atoms with Crippen LogP contribution in [0.15, 0.2) is 47.6 Å². The lowest BCUT2D eigenvalue weighted by Gasteiger charge is -2.08. The average Bonchev–Trinajstić information content (AvgIpc) is 3.03. The van der Waals surface area contributed by atoms with E-state index in [2.05, 4.69) is 20.6 Å². The predicted molar refractivity (Wildman–Crippen MR) is 99.4 cm³/mol. The maximum absolute atomic E-state index is 12.1. The van der Waals surface area contributed by atoms with Crippen LogP contribution >= 0.6 is 23.4 Å². The quantitative estimate of drug-likeness (QED) is 0.691. The van der Waals surface area contributed by atoms with Crippen LogP contribution in [0.25, 0.3) is 5.82 Å². The molecule has 0 bridgehead atoms. The number of aromatic nitrogens is 4. The van der Waals surface area contributed by atoms with Gasteiger partial charge in [0.05, 0.1) is 5.75 Å². The van der Waals surface area contributed by atoms with Gasteiger partial charge in [-0.3, -0.25) is 4.79 Å². The second kappa shape index (κ2) is 7.67. The largest absolute Gasteiger partial charge is 0.325 e. The van der Waals surface area contributed by atoms with Crippen LogP contribution in [0.2, 0.25) is 5.02 Å². The number of nitrogens with zero attached hydrogens (tertiary/aromatic N) is 4. The van der Waals surface area contributed by atoms with Crippen LogP contribution < -0.4 is 5.32 Å². The lowest BCUT2D eigenvalue weighted by atomic mass is 10.2. The summed E-state index contributed by atoms with van der Waals surface area (Å²) in [7, 11) is 0. The maximum atomic E-state index is 12.1. The fourth-order valence-electron chi connectivity index (χ4n) is 2.17. The SMILES string of the molecule is Cc1ccc(Cl)cc1NC(=O)CSc1ccc(-n2nccc2C)nn1. The van der Waals surface area contributed by atoms with E-state index in [1.54, 1.807) is 23.0 Å². The summed E-state index contributed by atoms with van der Waals surface area (Å²) in [5.74, 6) is 0.760. The van der Waals surface area contributed by atoms with Gasteiger partial charge in [-0.05, 0) is 49.7 Å². The van der Waals surface area contributed by atoms with Gasteiger partial charge >= 0.3 is 0 Å². The Morgan fingerprint density at radius 2 is 2.04 bits per heavy atom. The van der Waals surface area contributed by atoms with Crippen LogP contribution in [0.5, 0.6) is 0 Å². The second-order valence-electron chi connectivity index (χ2n) is 5.41. The van der Waals surface area contributed by atoms with Crippen LogP contribution in [-0.2, 0) is 4.79 Å². The Morgan fingerprint density at radius 1 is 1.20 bits per heavy atom. The topological polar surface area (TPSA) is 72.7 Å². The van der Waals surface area contributed by atoms with Gasteiger partial charge in [-0.15, -0.1) is 10.2 Å². The van der Waals surface area contributed by atoms with Gasteiger partial charge in [0.2, 0.25) is 5.91 Å². The summed E-state index contributed by atoms with van der Waals surface area (Å²) < 4.78 is 1.70. The molecule has 1 aromatic carbocycles. The van der Waals surface area contributed by atoms with Crippen molar-refractivity contribution in [1.82, 2.24) is 20.0 Å². The highest BCUT2D eigenvalue weighted by Crippen LogP contribution is 2.21. The second-order valence-corrected chi connectivity index (χ2v) is 6.84. The van der Waals surface area contributed by atoms with Crippen molar-refractivity contribution in [2.75, 3.05) is 11.1 Å². The van der Waals surface area contributed by atoms with E-state index >= 15 is 0 Å². The molecule has 3 aromatic rings. The van der Waals surface area contributed by atoms with Gasteiger partial charge in [0.25, 0.3) is 0 Å². The first kappa shape index (κ1) is 17.4. The zero-order chi connectivity index (χ0) is 17.8. The molecule has 0 spiro atoms. The number of anilines is 1. The Bertz CT molecular complexity index is 894. The number of halogens is 1. The summed E-state index contributed by atoms with van der Waals surface area (Å²) in [5.41, 5.74) is 2.65. The van der Waals surface area contributed by atoms with E-state index < -0.39 is 0 Å². The van der Waals surface area contributed by atoms with Crippen molar-refractivity contribution in [3.05, 3.63) is 58.9 Å². The first-order valence-electron chi connectivity index (χ1n) is 7.56. The van der Waals surface area contributed by atoms with Crippen molar-refractivity contribution in [3.8, 4) is 5.82 Å². The van der Waals surface area contributed by atoms with E-state index in [9.17, 15) is 4.79 Å². The van der Waals surface area contributed by atoms with Crippen LogP contribution in [-0.4, -0.2) is 31.6 Å². The standard InChI is InChI=1S/C17H16ClN5OS/c1-11-3-4-13(18)9-14(11)20-16(24)10-25-17-6-5-15(21-22-17)23-12(2)7-8-19-23/h3-9H,10H2,1-2H3,(H,20,24). The molecule has 0 aliphatic rings. The molecule has 1 N–H and O–H groups in total. The Balaban J connectivity index is 1.59. The van der Waals surface area contributed by atoms with Crippen molar-refractivity contribution >= 4 is 35.0 Å². The third-order valence-corrected chi connectivity index (χ3v) is 4.65. The molecule has 6 nitrogen and oxygen atoms in total. The van der Waals surface area contributed by atoms with Gasteiger partial charge in [0.1, 0.15) is 5.03 Å². The summed E-state index contributed by atoms with van der Waals surface area (Å²) in [6.45, 7) is 3.86. The van der Waals surface area contributed by atoms with Crippen LogP contribution in [0, 0.1) is 13.8 Å². The van der Waals surface area contributed by atoms with Crippen molar-refractivity contribution in [2.45, 2.75) is 18.9 Å². The molecule has 2 heterocycles. The number of nitrogens with one attached hydrogen (secondary N) is 1. The van der Waals surface area contributed by atoms with Gasteiger partial charge < -0.3 is 5.32 Å². The molecule has 0 saturated heterocycles. The normalized spacial score (nSPS) is 10.7. The first-order chi connectivity index (χ1) is 12.0. The van der Waals surface area contributed by atoms with Crippen molar-refractivity contribution in [2.24, 2.45) is 0 Å². The predicted octanol–water partition coefficient (Wildman–Crippen LogP) is 3.66. The van der Waals surface area contributed by atoms with E-state index in [-0.39, 0.29) is 11.7 Å². The monoisotopic (exact) mass is 373 g/mol. The van der Waals surface area contributed by atoms with Crippen LogP contribution in [0.1, 0.15) is 11.3 Å². The number of aryl methyl sites for hydroxylation is 2. The molecule has 3 rings (SSSR count). The fourth-order valence-corrected chi connectivity index (χ4v) is 2.95. The molecule has 2 aromatic heterocycles. The minimum absolute atomic E-state index is 0.121. The lowest BCUT2D eigenvalue weighted by molar-refractivity contribution is -0.113. The number of hydrogen-bond donors (Lipinski definition) is 1. The molecule has 25 heavy (non-hydrogen) atoms. The Morgan fingerprint density at radius 3 is 2.72 bits per heavy atom. The minimum atomic E-state index is -0.121. The zero-order valence-electron chi connectivity index (χ0n) is 13.7. The molecule has 0 radical (unpaired) electrons. The summed E-state index contributed by atoms with van der Waals surface area (Å²) in [6, 6.07) is 10.9. The van der Waals surface area contributed by atoms with Gasteiger partial charge in [-0.2, -0.15) is 5.10 Å². The molecule has 128 valence electrons. The van der Waals surface area contributed by atoms with Crippen molar-refractivity contribution in [3.63, 3.8) is 0 Å². The van der Waals surface area contributed by atoms with Crippen LogP contribution in [0.3, 0.4) is 0 Å². The molecule has 0 atom stereocenters. The van der Waals surface area contributed by atoms with E-state index in [1.165, 1.54) is 11.8 Å². The molecular formula is C17H16ClN5OS. The van der Waals surface area contributed by atoms with Gasteiger partial charge in [0, 0.05) is 22.6 Å². The smallest absolute Gasteiger partial charge is 0.234 e. The Hall–Kier alpha value is -2.38. The number of carbonyl (C=O) groups is 1. The van der Waals surface area contributed by atoms with E-state index in [4.69, 9.17) is 11.6 Å². The highest BCUT2D eigenvalue weighted by atomic mass is 35.5. The van der Waals surface area contributed by atoms with Crippen molar-refractivity contribution < 1.29 is 4.79 Å². The Labute approximate surface area is 154 Å². The molecule has 1 amide bonds. The number of rotatable bonds is 5. The van der Waals surface area contributed by atoms with Gasteiger partial charge in [-0.25, -0.2) is 4.68 Å². The lowest BCUT2D eigenvalue weighted by Crippen LogP contribution is -2.15. The summed E-state index contributed by atoms with van der Waals surface area (Å²) in [6.07, 6.45) is 1.71. The van der Waals surface area contributed by atoms with E-state index in [0.29, 0.717) is 21.6 Å². The van der Waals surface area contributed by atoms with Gasteiger partial charge in [-0.1, -0.05) is 29.4 Å². The highest BCUT2D eigenvalue weighted by molar-refractivity contribution is 7.99. The van der Waals surface area contributed by atoms with Gasteiger partial charge in [0.15, 0.2) is 5.82 Å². The first-order valence-corrected chi connectivity index (χ1v) is 8.93. The molecule has 0 saturated carbocycles. The molecule has 8 heteroatoms. The zero-order valence-corrected chi connectivity index (χ0v) is 15.3. The fraction of sp³-hybridized carbons (Fsp3) is 0.176. The Kier molecular flexibility index (Phi) is 5.35. The number of carbonyl (C=O) groups excluding carboxylic acids is 1. The number of amides is 1.